The molecule has 0 heterocycles. The zero-order chi connectivity index (χ0) is 13.6. The highest BCUT2D eigenvalue weighted by Crippen LogP contribution is 2.04. The Morgan fingerprint density at radius 1 is 1.12 bits per heavy atom. The van der Waals surface area contributed by atoms with E-state index >= 15 is 0 Å². The van der Waals surface area contributed by atoms with Gasteiger partial charge in [0.1, 0.15) is 18.4 Å². The molecule has 0 aromatic carbocycles. The molecule has 17 heavy (non-hydrogen) atoms. The minimum Gasteiger partial charge on any atom is -0.391 e. The molecule has 0 aliphatic heterocycles. The van der Waals surface area contributed by atoms with Crippen molar-refractivity contribution in [3.8, 4) is 0 Å². The first kappa shape index (κ1) is 15.5. The molecular formula is C10H18N2O5. The zero-order valence-corrected chi connectivity index (χ0v) is 10.0. The van der Waals surface area contributed by atoms with Crippen molar-refractivity contribution >= 4 is 18.1 Å². The molecule has 0 rings (SSSR count). The fourth-order valence-electron chi connectivity index (χ4n) is 1.38. The Balaban J connectivity index is 4.77. The lowest BCUT2D eigenvalue weighted by Crippen LogP contribution is -2.58. The number of rotatable bonds is 6. The standard InChI is InChI=1S/C10H18N2O5/c1-5(14)9(12-7(3)16)10(17)8(4-13)11-6(2)15/h4-5,8-10,14,17H,1-3H3,(H,11,15)(H,12,16)/t5-,8+,9-,10-/m1/s1. The van der Waals surface area contributed by atoms with Crippen LogP contribution in [0.15, 0.2) is 0 Å². The lowest BCUT2D eigenvalue weighted by atomic mass is 9.99. The van der Waals surface area contributed by atoms with Crippen molar-refractivity contribution in [3.05, 3.63) is 0 Å². The van der Waals surface area contributed by atoms with Gasteiger partial charge in [-0.05, 0) is 6.92 Å². The van der Waals surface area contributed by atoms with Crippen LogP contribution in [0.1, 0.15) is 20.8 Å². The van der Waals surface area contributed by atoms with Gasteiger partial charge in [0.05, 0.1) is 12.1 Å². The van der Waals surface area contributed by atoms with Gasteiger partial charge in [-0.2, -0.15) is 0 Å². The molecule has 0 fully saturated rings. The van der Waals surface area contributed by atoms with Crippen LogP contribution in [0, 0.1) is 0 Å². The highest BCUT2D eigenvalue weighted by molar-refractivity contribution is 5.78. The first-order valence-electron chi connectivity index (χ1n) is 5.15. The van der Waals surface area contributed by atoms with Gasteiger partial charge in [0, 0.05) is 13.8 Å². The van der Waals surface area contributed by atoms with E-state index in [2.05, 4.69) is 10.6 Å². The number of aliphatic hydroxyl groups excluding tert-OH is 2. The maximum absolute atomic E-state index is 10.9. The molecule has 7 heteroatoms. The second-order valence-electron chi connectivity index (χ2n) is 3.82. The molecule has 0 aromatic heterocycles. The Bertz CT molecular complexity index is 292. The Hall–Kier alpha value is -1.47. The molecule has 2 amide bonds. The summed E-state index contributed by atoms with van der Waals surface area (Å²) in [5.41, 5.74) is 0. The topological polar surface area (TPSA) is 116 Å². The molecule has 4 atom stereocenters. The Morgan fingerprint density at radius 3 is 1.88 bits per heavy atom. The van der Waals surface area contributed by atoms with Gasteiger partial charge in [0.15, 0.2) is 0 Å². The number of carbonyl (C=O) groups is 3. The van der Waals surface area contributed by atoms with Crippen LogP contribution in [0.4, 0.5) is 0 Å². The SMILES string of the molecule is CC(=O)N[C@@H]([C@H](O)[C@H](C=O)NC(C)=O)[C@@H](C)O. The fourth-order valence-corrected chi connectivity index (χ4v) is 1.38. The van der Waals surface area contributed by atoms with Crippen molar-refractivity contribution in [1.82, 2.24) is 10.6 Å². The smallest absolute Gasteiger partial charge is 0.217 e. The predicted molar refractivity (Wildman–Crippen MR) is 59.0 cm³/mol. The molecular weight excluding hydrogens is 228 g/mol. The van der Waals surface area contributed by atoms with Gasteiger partial charge in [-0.25, -0.2) is 0 Å². The number of aliphatic hydroxyl groups is 2. The molecule has 0 saturated carbocycles. The Morgan fingerprint density at radius 2 is 1.59 bits per heavy atom. The molecule has 0 bridgehead atoms. The molecule has 0 unspecified atom stereocenters. The Kier molecular flexibility index (Phi) is 6.37. The first-order valence-corrected chi connectivity index (χ1v) is 5.15. The van der Waals surface area contributed by atoms with Gasteiger partial charge in [-0.1, -0.05) is 0 Å². The van der Waals surface area contributed by atoms with Crippen LogP contribution in [0.5, 0.6) is 0 Å². The van der Waals surface area contributed by atoms with Gasteiger partial charge >= 0.3 is 0 Å². The average molecular weight is 246 g/mol. The third kappa shape index (κ3) is 5.41. The monoisotopic (exact) mass is 246 g/mol. The quantitative estimate of drug-likeness (QED) is 0.402. The van der Waals surface area contributed by atoms with E-state index in [1.54, 1.807) is 0 Å². The highest BCUT2D eigenvalue weighted by Gasteiger charge is 2.31. The number of hydrogen-bond acceptors (Lipinski definition) is 5. The maximum Gasteiger partial charge on any atom is 0.217 e. The summed E-state index contributed by atoms with van der Waals surface area (Å²) in [6, 6.07) is -2.21. The van der Waals surface area contributed by atoms with E-state index in [9.17, 15) is 24.6 Å². The number of hydrogen-bond donors (Lipinski definition) is 4. The summed E-state index contributed by atoms with van der Waals surface area (Å²) in [5, 5.41) is 23.8. The number of nitrogens with one attached hydrogen (secondary N) is 2. The maximum atomic E-state index is 10.9. The van der Waals surface area contributed by atoms with Crippen molar-refractivity contribution in [2.75, 3.05) is 0 Å². The second-order valence-corrected chi connectivity index (χ2v) is 3.82. The summed E-state index contributed by atoms with van der Waals surface area (Å²) >= 11 is 0. The van der Waals surface area contributed by atoms with Crippen molar-refractivity contribution in [2.45, 2.75) is 45.1 Å². The molecule has 0 spiro atoms. The average Bonchev–Trinajstić information content (AvgIpc) is 2.20. The van der Waals surface area contributed by atoms with Gasteiger partial charge < -0.3 is 25.6 Å². The molecule has 0 saturated heterocycles. The molecule has 0 aromatic rings. The highest BCUT2D eigenvalue weighted by atomic mass is 16.3. The summed E-state index contributed by atoms with van der Waals surface area (Å²) in [4.78, 5) is 32.4. The largest absolute Gasteiger partial charge is 0.391 e. The van der Waals surface area contributed by atoms with Crippen LogP contribution < -0.4 is 10.6 Å². The normalized spacial score (nSPS) is 17.5. The van der Waals surface area contributed by atoms with Gasteiger partial charge in [0.2, 0.25) is 11.8 Å². The number of carbonyl (C=O) groups excluding carboxylic acids is 3. The van der Waals surface area contributed by atoms with E-state index in [-0.39, 0.29) is 0 Å². The van der Waals surface area contributed by atoms with Crippen LogP contribution in [-0.4, -0.2) is 52.6 Å². The fraction of sp³-hybridized carbons (Fsp3) is 0.700. The van der Waals surface area contributed by atoms with Crippen LogP contribution >= 0.6 is 0 Å². The second kappa shape index (κ2) is 6.97. The van der Waals surface area contributed by atoms with Crippen molar-refractivity contribution < 1.29 is 24.6 Å². The van der Waals surface area contributed by atoms with E-state index in [1.807, 2.05) is 0 Å². The molecule has 98 valence electrons. The number of aldehydes is 1. The summed E-state index contributed by atoms with van der Waals surface area (Å²) in [5.74, 6) is -0.948. The van der Waals surface area contributed by atoms with Crippen LogP contribution in [0.3, 0.4) is 0 Å². The van der Waals surface area contributed by atoms with E-state index in [4.69, 9.17) is 0 Å². The van der Waals surface area contributed by atoms with E-state index in [0.717, 1.165) is 0 Å². The molecule has 7 nitrogen and oxygen atoms in total. The minimum absolute atomic E-state index is 0.350. The first-order chi connectivity index (χ1) is 7.79. The summed E-state index contributed by atoms with van der Waals surface area (Å²) in [6.45, 7) is 3.77. The van der Waals surface area contributed by atoms with Crippen molar-refractivity contribution in [3.63, 3.8) is 0 Å². The lowest BCUT2D eigenvalue weighted by molar-refractivity contribution is -0.126. The number of amides is 2. The minimum atomic E-state index is -1.40. The Labute approximate surface area is 99.2 Å². The van der Waals surface area contributed by atoms with Crippen LogP contribution in [0.25, 0.3) is 0 Å². The van der Waals surface area contributed by atoms with Crippen molar-refractivity contribution in [2.24, 2.45) is 0 Å². The third-order valence-electron chi connectivity index (χ3n) is 2.14. The van der Waals surface area contributed by atoms with Gasteiger partial charge in [0.25, 0.3) is 0 Å². The third-order valence-corrected chi connectivity index (χ3v) is 2.14. The van der Waals surface area contributed by atoms with E-state index < -0.39 is 36.1 Å². The van der Waals surface area contributed by atoms with Crippen LogP contribution in [-0.2, 0) is 14.4 Å². The van der Waals surface area contributed by atoms with Crippen LogP contribution in [0.2, 0.25) is 0 Å². The predicted octanol–water partition coefficient (Wildman–Crippen LogP) is -2.06. The van der Waals surface area contributed by atoms with Gasteiger partial charge in [-0.3, -0.25) is 9.59 Å². The molecule has 0 aliphatic rings. The van der Waals surface area contributed by atoms with E-state index in [1.165, 1.54) is 20.8 Å². The summed E-state index contributed by atoms with van der Waals surface area (Å²) in [7, 11) is 0. The van der Waals surface area contributed by atoms with Crippen molar-refractivity contribution in [1.29, 1.82) is 0 Å². The molecule has 0 radical (unpaired) electrons. The summed E-state index contributed by atoms with van der Waals surface area (Å²) in [6.07, 6.45) is -2.12. The molecule has 4 N–H and O–H groups in total. The summed E-state index contributed by atoms with van der Waals surface area (Å²) < 4.78 is 0. The van der Waals surface area contributed by atoms with Gasteiger partial charge in [-0.15, -0.1) is 0 Å². The van der Waals surface area contributed by atoms with E-state index in [0.29, 0.717) is 6.29 Å². The molecule has 0 aliphatic carbocycles. The zero-order valence-electron chi connectivity index (χ0n) is 10.0. The lowest BCUT2D eigenvalue weighted by Gasteiger charge is -2.29.